The van der Waals surface area contributed by atoms with Gasteiger partial charge in [0.1, 0.15) is 9.88 Å². The highest BCUT2D eigenvalue weighted by molar-refractivity contribution is 7.15. The highest BCUT2D eigenvalue weighted by Crippen LogP contribution is 2.36. The smallest absolute Gasteiger partial charge is 0.348 e. The highest BCUT2D eigenvalue weighted by Gasteiger charge is 2.20. The van der Waals surface area contributed by atoms with Crippen LogP contribution >= 0.6 is 11.3 Å². The average Bonchev–Trinajstić information content (AvgIpc) is 3.16. The van der Waals surface area contributed by atoms with Gasteiger partial charge in [-0.05, 0) is 18.2 Å². The second kappa shape index (κ2) is 8.53. The van der Waals surface area contributed by atoms with Crippen molar-refractivity contribution in [1.82, 2.24) is 4.98 Å². The maximum Gasteiger partial charge on any atom is 0.348 e. The molecule has 1 heterocycles. The van der Waals surface area contributed by atoms with E-state index in [0.29, 0.717) is 22.0 Å². The van der Waals surface area contributed by atoms with Crippen LogP contribution < -0.4 is 9.47 Å². The number of nitro groups is 1. The molecule has 9 heteroatoms. The minimum absolute atomic E-state index is 0.0951. The number of nitro benzene ring substituents is 1. The molecule has 0 spiro atoms. The van der Waals surface area contributed by atoms with Crippen LogP contribution in [0.5, 0.6) is 11.5 Å². The van der Waals surface area contributed by atoms with Gasteiger partial charge in [0.25, 0.3) is 5.69 Å². The van der Waals surface area contributed by atoms with Crippen LogP contribution in [0.25, 0.3) is 23.4 Å². The molecule has 0 aliphatic rings. The Hall–Kier alpha value is -3.72. The van der Waals surface area contributed by atoms with E-state index in [-0.39, 0.29) is 21.9 Å². The Bertz CT molecular complexity index is 1090. The number of hydrogen-bond acceptors (Lipinski definition) is 7. The number of nitrogens with zero attached hydrogens (tertiary/aromatic N) is 2. The third-order valence-corrected chi connectivity index (χ3v) is 5.03. The number of ether oxygens (including phenoxy) is 2. The zero-order valence-electron chi connectivity index (χ0n) is 15.5. The van der Waals surface area contributed by atoms with Gasteiger partial charge in [-0.25, -0.2) is 9.78 Å². The van der Waals surface area contributed by atoms with Crippen molar-refractivity contribution in [3.63, 3.8) is 0 Å². The molecule has 0 atom stereocenters. The lowest BCUT2D eigenvalue weighted by Gasteiger charge is -2.08. The Morgan fingerprint density at radius 3 is 2.38 bits per heavy atom. The number of aromatic carboxylic acids is 1. The Morgan fingerprint density at radius 1 is 1.14 bits per heavy atom. The topological polar surface area (TPSA) is 112 Å². The van der Waals surface area contributed by atoms with Crippen molar-refractivity contribution >= 4 is 35.1 Å². The van der Waals surface area contributed by atoms with Crippen molar-refractivity contribution in [2.75, 3.05) is 14.2 Å². The number of benzene rings is 2. The molecule has 1 N–H and O–H groups in total. The summed E-state index contributed by atoms with van der Waals surface area (Å²) in [4.78, 5) is 27.0. The minimum atomic E-state index is -1.09. The Balaban J connectivity index is 2.04. The van der Waals surface area contributed by atoms with Gasteiger partial charge in [0, 0.05) is 5.56 Å². The van der Waals surface area contributed by atoms with Crippen LogP contribution in [0.3, 0.4) is 0 Å². The summed E-state index contributed by atoms with van der Waals surface area (Å²) in [5.41, 5.74) is 1.14. The van der Waals surface area contributed by atoms with Crippen molar-refractivity contribution in [1.29, 1.82) is 0 Å². The first-order valence-electron chi connectivity index (χ1n) is 8.32. The van der Waals surface area contributed by atoms with Crippen LogP contribution in [0.15, 0.2) is 42.5 Å². The number of thiazole rings is 1. The molecular formula is C20H16N2O6S. The van der Waals surface area contributed by atoms with Gasteiger partial charge in [-0.3, -0.25) is 10.1 Å². The standard InChI is InChI=1S/C20H16N2O6S/c1-27-15-10-13(14(22(25)26)11-16(15)28-2)8-9-17-21-18(19(29-17)20(23)24)12-6-4-3-5-7-12/h3-11H,1-2H3,(H,23,24)/b9-8+. The van der Waals surface area contributed by atoms with Crippen LogP contribution in [0, 0.1) is 10.1 Å². The van der Waals surface area contributed by atoms with Crippen molar-refractivity contribution in [2.24, 2.45) is 0 Å². The number of aromatic nitrogens is 1. The lowest BCUT2D eigenvalue weighted by molar-refractivity contribution is -0.385. The largest absolute Gasteiger partial charge is 0.493 e. The molecule has 1 aromatic heterocycles. The second-order valence-electron chi connectivity index (χ2n) is 5.76. The third-order valence-electron chi connectivity index (χ3n) is 4.02. The van der Waals surface area contributed by atoms with E-state index in [1.807, 2.05) is 6.07 Å². The summed E-state index contributed by atoms with van der Waals surface area (Å²) < 4.78 is 10.3. The van der Waals surface area contributed by atoms with E-state index in [2.05, 4.69) is 4.98 Å². The maximum atomic E-state index is 11.6. The van der Waals surface area contributed by atoms with Crippen LogP contribution in [0.1, 0.15) is 20.2 Å². The molecule has 3 aromatic rings. The molecule has 0 saturated heterocycles. The number of carboxylic acids is 1. The summed E-state index contributed by atoms with van der Waals surface area (Å²) in [6.07, 6.45) is 3.04. The van der Waals surface area contributed by atoms with E-state index in [0.717, 1.165) is 11.3 Å². The number of carbonyl (C=O) groups is 1. The summed E-state index contributed by atoms with van der Waals surface area (Å²) in [5, 5.41) is 21.3. The molecule has 8 nitrogen and oxygen atoms in total. The second-order valence-corrected chi connectivity index (χ2v) is 6.79. The fraction of sp³-hybridized carbons (Fsp3) is 0.100. The van der Waals surface area contributed by atoms with Crippen molar-refractivity contribution in [2.45, 2.75) is 0 Å². The van der Waals surface area contributed by atoms with Gasteiger partial charge in [0.2, 0.25) is 0 Å². The van der Waals surface area contributed by atoms with Crippen LogP contribution in [-0.2, 0) is 0 Å². The summed E-state index contributed by atoms with van der Waals surface area (Å²) >= 11 is 0.990. The van der Waals surface area contributed by atoms with E-state index >= 15 is 0 Å². The first kappa shape index (κ1) is 20.0. The van der Waals surface area contributed by atoms with Crippen LogP contribution in [-0.4, -0.2) is 35.2 Å². The van der Waals surface area contributed by atoms with Crippen molar-refractivity contribution < 1.29 is 24.3 Å². The van der Waals surface area contributed by atoms with Gasteiger partial charge in [0.05, 0.1) is 36.5 Å². The van der Waals surface area contributed by atoms with E-state index in [4.69, 9.17) is 9.47 Å². The highest BCUT2D eigenvalue weighted by atomic mass is 32.1. The zero-order valence-corrected chi connectivity index (χ0v) is 16.3. The maximum absolute atomic E-state index is 11.6. The summed E-state index contributed by atoms with van der Waals surface area (Å²) in [5.74, 6) is -0.503. The van der Waals surface area contributed by atoms with Crippen molar-refractivity contribution in [3.8, 4) is 22.8 Å². The van der Waals surface area contributed by atoms with E-state index in [1.165, 1.54) is 38.5 Å². The molecule has 29 heavy (non-hydrogen) atoms. The zero-order chi connectivity index (χ0) is 21.0. The fourth-order valence-corrected chi connectivity index (χ4v) is 3.51. The molecule has 2 aromatic carbocycles. The van der Waals surface area contributed by atoms with E-state index < -0.39 is 10.9 Å². The Morgan fingerprint density at radius 2 is 1.79 bits per heavy atom. The first-order valence-corrected chi connectivity index (χ1v) is 9.14. The third kappa shape index (κ3) is 4.25. The van der Waals surface area contributed by atoms with Gasteiger partial charge < -0.3 is 14.6 Å². The molecule has 0 amide bonds. The number of rotatable bonds is 7. The molecular weight excluding hydrogens is 396 g/mol. The Kier molecular flexibility index (Phi) is 5.89. The summed E-state index contributed by atoms with van der Waals surface area (Å²) in [6, 6.07) is 11.7. The number of hydrogen-bond donors (Lipinski definition) is 1. The molecule has 0 aliphatic heterocycles. The number of methoxy groups -OCH3 is 2. The molecule has 0 unspecified atom stereocenters. The van der Waals surface area contributed by atoms with Gasteiger partial charge in [-0.15, -0.1) is 11.3 Å². The monoisotopic (exact) mass is 412 g/mol. The molecule has 0 fully saturated rings. The lowest BCUT2D eigenvalue weighted by Crippen LogP contribution is -1.96. The van der Waals surface area contributed by atoms with Crippen LogP contribution in [0.4, 0.5) is 5.69 Å². The molecule has 0 radical (unpaired) electrons. The quantitative estimate of drug-likeness (QED) is 0.446. The predicted molar refractivity (Wildman–Crippen MR) is 110 cm³/mol. The fourth-order valence-electron chi connectivity index (χ4n) is 2.68. The van der Waals surface area contributed by atoms with Gasteiger partial charge in [0.15, 0.2) is 11.5 Å². The number of carboxylic acid groups (broad SMARTS) is 1. The molecule has 3 rings (SSSR count). The SMILES string of the molecule is COc1cc(/C=C/c2nc(-c3ccccc3)c(C(=O)O)s2)c([N+](=O)[O-])cc1OC. The Labute approximate surface area is 169 Å². The van der Waals surface area contributed by atoms with Gasteiger partial charge >= 0.3 is 5.97 Å². The lowest BCUT2D eigenvalue weighted by atomic mass is 10.1. The van der Waals surface area contributed by atoms with Gasteiger partial charge in [-0.1, -0.05) is 30.3 Å². The normalized spacial score (nSPS) is 10.8. The summed E-state index contributed by atoms with van der Waals surface area (Å²) in [7, 11) is 2.83. The van der Waals surface area contributed by atoms with Crippen LogP contribution in [0.2, 0.25) is 0 Å². The molecule has 0 aliphatic carbocycles. The summed E-state index contributed by atoms with van der Waals surface area (Å²) in [6.45, 7) is 0. The predicted octanol–water partition coefficient (Wildman–Crippen LogP) is 4.60. The average molecular weight is 412 g/mol. The molecule has 0 saturated carbocycles. The van der Waals surface area contributed by atoms with E-state index in [1.54, 1.807) is 24.3 Å². The van der Waals surface area contributed by atoms with Gasteiger partial charge in [-0.2, -0.15) is 0 Å². The molecule has 0 bridgehead atoms. The van der Waals surface area contributed by atoms with E-state index in [9.17, 15) is 20.0 Å². The first-order chi connectivity index (χ1) is 13.9. The minimum Gasteiger partial charge on any atom is -0.493 e. The molecule has 148 valence electrons. The van der Waals surface area contributed by atoms with Crippen molar-refractivity contribution in [3.05, 3.63) is 68.0 Å².